The minimum atomic E-state index is -0.875. The molecule has 1 amide bonds. The van der Waals surface area contributed by atoms with E-state index in [4.69, 9.17) is 14.2 Å². The molecule has 2 aliphatic heterocycles. The Morgan fingerprint density at radius 1 is 1.27 bits per heavy atom. The molecule has 37 heavy (non-hydrogen) atoms. The third-order valence-corrected chi connectivity index (χ3v) is 6.47. The van der Waals surface area contributed by atoms with E-state index < -0.39 is 24.0 Å². The number of nitrogens with zero attached hydrogens (tertiary/aromatic N) is 5. The summed E-state index contributed by atoms with van der Waals surface area (Å²) in [5.41, 5.74) is 1.44. The first-order valence-electron chi connectivity index (χ1n) is 11.7. The summed E-state index contributed by atoms with van der Waals surface area (Å²) in [6, 6.07) is 5.27. The van der Waals surface area contributed by atoms with Gasteiger partial charge in [0, 0.05) is 34.1 Å². The second-order valence-electron chi connectivity index (χ2n) is 8.85. The Morgan fingerprint density at radius 2 is 2.14 bits per heavy atom. The van der Waals surface area contributed by atoms with E-state index in [1.165, 1.54) is 7.11 Å². The van der Waals surface area contributed by atoms with Crippen LogP contribution >= 0.6 is 0 Å². The van der Waals surface area contributed by atoms with Crippen molar-refractivity contribution in [3.8, 4) is 11.6 Å². The Balaban J connectivity index is 1.23. The minimum Gasteiger partial charge on any atom is -0.481 e. The van der Waals surface area contributed by atoms with Crippen LogP contribution in [0.1, 0.15) is 24.1 Å². The second-order valence-corrected chi connectivity index (χ2v) is 8.85. The van der Waals surface area contributed by atoms with Crippen molar-refractivity contribution in [1.29, 1.82) is 0 Å². The van der Waals surface area contributed by atoms with Gasteiger partial charge < -0.3 is 19.5 Å². The molecule has 192 valence electrons. The highest BCUT2D eigenvalue weighted by molar-refractivity contribution is 5.94. The first-order chi connectivity index (χ1) is 17.9. The van der Waals surface area contributed by atoms with Crippen LogP contribution in [0.25, 0.3) is 11.0 Å². The number of hydrogen-bond acceptors (Lipinski definition) is 10. The zero-order chi connectivity index (χ0) is 25.9. The summed E-state index contributed by atoms with van der Waals surface area (Å²) in [4.78, 5) is 48.7. The number of rotatable bonds is 8. The van der Waals surface area contributed by atoms with Gasteiger partial charge >= 0.3 is 0 Å². The Bertz CT molecular complexity index is 1360. The van der Waals surface area contributed by atoms with E-state index in [-0.39, 0.29) is 43.5 Å². The van der Waals surface area contributed by atoms with Crippen LogP contribution in [0.15, 0.2) is 35.6 Å². The summed E-state index contributed by atoms with van der Waals surface area (Å²) >= 11 is 0. The number of amides is 1. The van der Waals surface area contributed by atoms with Crippen molar-refractivity contribution in [2.45, 2.75) is 44.0 Å². The molecule has 1 N–H and O–H groups in total. The van der Waals surface area contributed by atoms with Gasteiger partial charge in [0.15, 0.2) is 18.2 Å². The van der Waals surface area contributed by atoms with Crippen LogP contribution in [0.2, 0.25) is 0 Å². The molecule has 0 saturated carbocycles. The van der Waals surface area contributed by atoms with E-state index in [2.05, 4.69) is 25.4 Å². The van der Waals surface area contributed by atoms with Crippen molar-refractivity contribution < 1.29 is 28.2 Å². The highest BCUT2D eigenvalue weighted by Crippen LogP contribution is 2.28. The Kier molecular flexibility index (Phi) is 6.95. The summed E-state index contributed by atoms with van der Waals surface area (Å²) in [5.74, 6) is 0.123. The van der Waals surface area contributed by atoms with Gasteiger partial charge in [0.2, 0.25) is 18.5 Å². The number of ether oxygens (including phenoxy) is 3. The molecule has 5 rings (SSSR count). The molecule has 12 nitrogen and oxygen atoms in total. The molecule has 0 radical (unpaired) electrons. The van der Waals surface area contributed by atoms with Gasteiger partial charge in [-0.25, -0.2) is 14.4 Å². The first kappa shape index (κ1) is 24.6. The summed E-state index contributed by atoms with van der Waals surface area (Å²) in [6.45, 7) is -0.0107. The quantitative estimate of drug-likeness (QED) is 0.356. The fraction of sp³-hybridized carbons (Fsp3) is 0.417. The monoisotopic (exact) mass is 511 g/mol. The third kappa shape index (κ3) is 5.21. The topological polar surface area (TPSA) is 145 Å². The SMILES string of the molecule is COc1ccc2ncc(F)c(C[C@H](N=O)C3CCC([N+](=O)Cc4ccc5c(n4)NC(=O)CO5)CO3)c2n1. The lowest BCUT2D eigenvalue weighted by Gasteiger charge is -2.28. The lowest BCUT2D eigenvalue weighted by atomic mass is 9.94. The van der Waals surface area contributed by atoms with Gasteiger partial charge in [-0.05, 0) is 24.6 Å². The van der Waals surface area contributed by atoms with E-state index in [0.717, 1.165) is 11.0 Å². The molecule has 0 aromatic carbocycles. The Hall–Kier alpha value is -4.13. The van der Waals surface area contributed by atoms with Gasteiger partial charge in [0.1, 0.15) is 24.2 Å². The Labute approximate surface area is 210 Å². The number of nitrogens with one attached hydrogen (secondary N) is 1. The van der Waals surface area contributed by atoms with E-state index in [1.54, 1.807) is 24.3 Å². The Morgan fingerprint density at radius 3 is 2.89 bits per heavy atom. The molecule has 13 heteroatoms. The number of hydrogen-bond donors (Lipinski definition) is 1. The standard InChI is InChI=1S/C24H23FN6O6/c1-35-22-7-4-17-23(29-22)15(16(25)9-26-17)8-18(30-33)19-6-3-14(11-36-19)31(34)10-13-2-5-20-24(27-13)28-21(32)12-37-20/h2,4-5,7,9,14,18-19H,3,6,8,10-12H2,1H3/p+1/t14?,18-,19?/m0/s1. The van der Waals surface area contributed by atoms with E-state index in [1.807, 2.05) is 0 Å². The zero-order valence-electron chi connectivity index (χ0n) is 19.9. The van der Waals surface area contributed by atoms with Gasteiger partial charge in [0.25, 0.3) is 5.91 Å². The molecule has 0 bridgehead atoms. The first-order valence-corrected chi connectivity index (χ1v) is 11.7. The number of fused-ring (bicyclic) bond motifs is 2. The van der Waals surface area contributed by atoms with E-state index in [0.29, 0.717) is 41.2 Å². The number of nitroso groups, excluding NO2 is 2. The average Bonchev–Trinajstić information content (AvgIpc) is 2.92. The fourth-order valence-electron chi connectivity index (χ4n) is 4.50. The van der Waals surface area contributed by atoms with Crippen LogP contribution < -0.4 is 14.8 Å². The number of carbonyl (C=O) groups excluding carboxylic acids is 1. The number of pyridine rings is 3. The lowest BCUT2D eigenvalue weighted by molar-refractivity contribution is -0.609. The van der Waals surface area contributed by atoms with Gasteiger partial charge in [-0.3, -0.25) is 9.78 Å². The van der Waals surface area contributed by atoms with Crippen LogP contribution in [0, 0.1) is 15.6 Å². The largest absolute Gasteiger partial charge is 0.481 e. The molecule has 5 heterocycles. The molecule has 0 spiro atoms. The molecular formula is C24H24FN6O6+. The van der Waals surface area contributed by atoms with E-state index in [9.17, 15) is 19.0 Å². The maximum atomic E-state index is 14.7. The highest BCUT2D eigenvalue weighted by atomic mass is 19.1. The van der Waals surface area contributed by atoms with Crippen LogP contribution in [0.3, 0.4) is 0 Å². The van der Waals surface area contributed by atoms with Crippen LogP contribution in [-0.2, 0) is 22.5 Å². The molecule has 2 unspecified atom stereocenters. The highest BCUT2D eigenvalue weighted by Gasteiger charge is 2.37. The summed E-state index contributed by atoms with van der Waals surface area (Å²) < 4.78 is 31.9. The van der Waals surface area contributed by atoms with E-state index >= 15 is 0 Å². The second kappa shape index (κ2) is 10.5. The minimum absolute atomic E-state index is 0.0150. The lowest BCUT2D eigenvalue weighted by Crippen LogP contribution is -2.41. The average molecular weight is 511 g/mol. The number of carbonyl (C=O) groups is 1. The third-order valence-electron chi connectivity index (χ3n) is 6.47. The number of methoxy groups -OCH3 is 1. The predicted octanol–water partition coefficient (Wildman–Crippen LogP) is 2.71. The molecule has 3 aromatic heterocycles. The number of halogens is 1. The number of aromatic nitrogens is 3. The van der Waals surface area contributed by atoms with Crippen molar-refractivity contribution in [2.24, 2.45) is 5.18 Å². The van der Waals surface area contributed by atoms with Gasteiger partial charge in [0.05, 0.1) is 30.4 Å². The summed E-state index contributed by atoms with van der Waals surface area (Å²) in [6.07, 6.45) is 1.33. The molecule has 3 atom stereocenters. The molecular weight excluding hydrogens is 487 g/mol. The van der Waals surface area contributed by atoms with Crippen molar-refractivity contribution >= 4 is 22.8 Å². The molecule has 1 saturated heterocycles. The van der Waals surface area contributed by atoms with Gasteiger partial charge in [-0.15, -0.1) is 0 Å². The van der Waals surface area contributed by atoms with Crippen molar-refractivity contribution in [3.63, 3.8) is 0 Å². The molecule has 2 aliphatic rings. The molecule has 3 aromatic rings. The van der Waals surface area contributed by atoms with Crippen LogP contribution in [0.4, 0.5) is 10.2 Å². The van der Waals surface area contributed by atoms with Crippen molar-refractivity contribution in [3.05, 3.63) is 57.4 Å². The van der Waals surface area contributed by atoms with Gasteiger partial charge in [-0.1, -0.05) is 5.18 Å². The zero-order valence-corrected chi connectivity index (χ0v) is 19.9. The molecule has 1 fully saturated rings. The predicted molar refractivity (Wildman–Crippen MR) is 128 cm³/mol. The number of anilines is 1. The fourth-order valence-corrected chi connectivity index (χ4v) is 4.50. The summed E-state index contributed by atoms with van der Waals surface area (Å²) in [5, 5.41) is 5.83. The van der Waals surface area contributed by atoms with Crippen molar-refractivity contribution in [1.82, 2.24) is 15.0 Å². The van der Waals surface area contributed by atoms with Crippen LogP contribution in [-0.4, -0.2) is 64.1 Å². The molecule has 0 aliphatic carbocycles. The van der Waals surface area contributed by atoms with Gasteiger partial charge in [-0.2, -0.15) is 4.91 Å². The summed E-state index contributed by atoms with van der Waals surface area (Å²) in [7, 11) is 1.45. The van der Waals surface area contributed by atoms with Crippen molar-refractivity contribution in [2.75, 3.05) is 25.6 Å². The maximum Gasteiger partial charge on any atom is 0.263 e. The maximum absolute atomic E-state index is 14.7. The normalized spacial score (nSPS) is 19.9. The smallest absolute Gasteiger partial charge is 0.263 e. The van der Waals surface area contributed by atoms with Crippen LogP contribution in [0.5, 0.6) is 11.6 Å².